The Morgan fingerprint density at radius 3 is 2.64 bits per heavy atom. The molecule has 0 unspecified atom stereocenters. The maximum absolute atomic E-state index is 12.4. The number of benzene rings is 2. The molecule has 0 aromatic heterocycles. The first kappa shape index (κ1) is 18.3. The molecule has 0 aliphatic heterocycles. The fraction of sp³-hybridized carbons (Fsp3) is 0.278. The van der Waals surface area contributed by atoms with Crippen LogP contribution in [0.15, 0.2) is 42.5 Å². The molecule has 0 atom stereocenters. The van der Waals surface area contributed by atoms with Crippen LogP contribution < -0.4 is 14.8 Å². The highest BCUT2D eigenvalue weighted by Crippen LogP contribution is 2.29. The number of para-hydroxylation sites is 2. The average molecular weight is 344 g/mol. The Bertz CT molecular complexity index is 761. The van der Waals surface area contributed by atoms with Crippen LogP contribution >= 0.6 is 0 Å². The van der Waals surface area contributed by atoms with Gasteiger partial charge in [0.25, 0.3) is 5.91 Å². The van der Waals surface area contributed by atoms with Crippen molar-refractivity contribution in [1.82, 2.24) is 0 Å². The maximum Gasteiger partial charge on any atom is 0.311 e. The van der Waals surface area contributed by atoms with Gasteiger partial charge in [0, 0.05) is 11.6 Å². The minimum Gasteiger partial charge on any atom is -0.491 e. The van der Waals surface area contributed by atoms with Crippen molar-refractivity contribution >= 4 is 17.3 Å². The van der Waals surface area contributed by atoms with Gasteiger partial charge >= 0.3 is 5.69 Å². The van der Waals surface area contributed by atoms with Crippen molar-refractivity contribution in [2.24, 2.45) is 0 Å². The van der Waals surface area contributed by atoms with Crippen molar-refractivity contribution in [2.75, 3.05) is 19.0 Å². The fourth-order valence-electron chi connectivity index (χ4n) is 2.19. The van der Waals surface area contributed by atoms with Gasteiger partial charge in [-0.3, -0.25) is 14.9 Å². The molecule has 2 aromatic carbocycles. The molecular formula is C18H20N2O5. The van der Waals surface area contributed by atoms with E-state index < -0.39 is 10.8 Å². The Hall–Kier alpha value is -3.09. The third-order valence-electron chi connectivity index (χ3n) is 3.53. The zero-order chi connectivity index (χ0) is 18.2. The molecule has 132 valence electrons. The van der Waals surface area contributed by atoms with Gasteiger partial charge in [-0.25, -0.2) is 0 Å². The van der Waals surface area contributed by atoms with Crippen LogP contribution in [0.1, 0.15) is 30.1 Å². The van der Waals surface area contributed by atoms with Crippen LogP contribution in [-0.4, -0.2) is 24.5 Å². The second-order valence-corrected chi connectivity index (χ2v) is 5.30. The Morgan fingerprint density at radius 2 is 1.96 bits per heavy atom. The van der Waals surface area contributed by atoms with E-state index in [2.05, 4.69) is 12.2 Å². The van der Waals surface area contributed by atoms with Crippen LogP contribution in [0.4, 0.5) is 11.4 Å². The number of anilines is 1. The van der Waals surface area contributed by atoms with E-state index in [-0.39, 0.29) is 17.0 Å². The van der Waals surface area contributed by atoms with E-state index in [0.717, 1.165) is 12.8 Å². The van der Waals surface area contributed by atoms with E-state index in [0.29, 0.717) is 18.0 Å². The van der Waals surface area contributed by atoms with Crippen LogP contribution in [-0.2, 0) is 0 Å². The van der Waals surface area contributed by atoms with Gasteiger partial charge in [-0.05, 0) is 30.7 Å². The number of carbonyl (C=O) groups excluding carboxylic acids is 1. The summed E-state index contributed by atoms with van der Waals surface area (Å²) in [6.45, 7) is 2.62. The SMILES string of the molecule is CCCCOc1ccccc1NC(=O)c1ccc(OC)c([N+](=O)[O-])c1. The summed E-state index contributed by atoms with van der Waals surface area (Å²) >= 11 is 0. The largest absolute Gasteiger partial charge is 0.491 e. The standard InChI is InChI=1S/C18H20N2O5/c1-3-4-11-25-16-8-6-5-7-14(16)19-18(21)13-9-10-17(24-2)15(12-13)20(22)23/h5-10,12H,3-4,11H2,1-2H3,(H,19,21). The van der Waals surface area contributed by atoms with E-state index in [4.69, 9.17) is 9.47 Å². The molecule has 7 heteroatoms. The molecule has 0 radical (unpaired) electrons. The molecule has 1 N–H and O–H groups in total. The topological polar surface area (TPSA) is 90.7 Å². The zero-order valence-corrected chi connectivity index (χ0v) is 14.2. The summed E-state index contributed by atoms with van der Waals surface area (Å²) in [5.41, 5.74) is 0.417. The molecule has 0 spiro atoms. The smallest absolute Gasteiger partial charge is 0.311 e. The van der Waals surface area contributed by atoms with Crippen LogP contribution in [0.5, 0.6) is 11.5 Å². The Labute approximate surface area is 145 Å². The molecule has 2 rings (SSSR count). The number of carbonyl (C=O) groups is 1. The first-order chi connectivity index (χ1) is 12.1. The first-order valence-corrected chi connectivity index (χ1v) is 7.92. The van der Waals surface area contributed by atoms with Crippen molar-refractivity contribution in [1.29, 1.82) is 0 Å². The molecule has 7 nitrogen and oxygen atoms in total. The quantitative estimate of drug-likeness (QED) is 0.443. The average Bonchev–Trinajstić information content (AvgIpc) is 2.62. The minimum atomic E-state index is -0.586. The van der Waals surface area contributed by atoms with E-state index in [1.165, 1.54) is 25.3 Å². The Balaban J connectivity index is 2.20. The summed E-state index contributed by atoms with van der Waals surface area (Å²) in [5, 5.41) is 13.8. The zero-order valence-electron chi connectivity index (χ0n) is 14.2. The number of hydrogen-bond donors (Lipinski definition) is 1. The van der Waals surface area contributed by atoms with Crippen LogP contribution in [0.25, 0.3) is 0 Å². The van der Waals surface area contributed by atoms with E-state index in [9.17, 15) is 14.9 Å². The van der Waals surface area contributed by atoms with Crippen molar-refractivity contribution in [3.63, 3.8) is 0 Å². The lowest BCUT2D eigenvalue weighted by Crippen LogP contribution is -2.13. The third-order valence-corrected chi connectivity index (χ3v) is 3.53. The van der Waals surface area contributed by atoms with Gasteiger partial charge in [0.05, 0.1) is 24.3 Å². The lowest BCUT2D eigenvalue weighted by atomic mass is 10.1. The summed E-state index contributed by atoms with van der Waals surface area (Å²) in [4.78, 5) is 22.9. The predicted molar refractivity (Wildman–Crippen MR) is 94.4 cm³/mol. The van der Waals surface area contributed by atoms with Gasteiger partial charge < -0.3 is 14.8 Å². The van der Waals surface area contributed by atoms with Gasteiger partial charge in [0.1, 0.15) is 5.75 Å². The van der Waals surface area contributed by atoms with E-state index in [1.54, 1.807) is 18.2 Å². The number of nitro benzene ring substituents is 1. The number of methoxy groups -OCH3 is 1. The molecule has 25 heavy (non-hydrogen) atoms. The first-order valence-electron chi connectivity index (χ1n) is 7.92. The molecule has 2 aromatic rings. The number of ether oxygens (including phenoxy) is 2. The molecule has 1 amide bonds. The van der Waals surface area contributed by atoms with Crippen LogP contribution in [0.3, 0.4) is 0 Å². The van der Waals surface area contributed by atoms with Gasteiger partial charge in [-0.15, -0.1) is 0 Å². The molecule has 0 saturated heterocycles. The predicted octanol–water partition coefficient (Wildman–Crippen LogP) is 4.03. The van der Waals surface area contributed by atoms with Gasteiger partial charge in [0.2, 0.25) is 0 Å². The highest BCUT2D eigenvalue weighted by molar-refractivity contribution is 6.05. The summed E-state index contributed by atoms with van der Waals surface area (Å²) in [7, 11) is 1.34. The number of nitrogens with one attached hydrogen (secondary N) is 1. The van der Waals surface area contributed by atoms with Crippen LogP contribution in [0.2, 0.25) is 0 Å². The maximum atomic E-state index is 12.4. The molecule has 0 fully saturated rings. The monoisotopic (exact) mass is 344 g/mol. The van der Waals surface area contributed by atoms with E-state index in [1.807, 2.05) is 6.07 Å². The highest BCUT2D eigenvalue weighted by Gasteiger charge is 2.19. The van der Waals surface area contributed by atoms with Crippen LogP contribution in [0, 0.1) is 10.1 Å². The third kappa shape index (κ3) is 4.69. The molecule has 0 bridgehead atoms. The number of hydrogen-bond acceptors (Lipinski definition) is 5. The lowest BCUT2D eigenvalue weighted by molar-refractivity contribution is -0.385. The van der Waals surface area contributed by atoms with Gasteiger partial charge in [-0.1, -0.05) is 25.5 Å². The molecule has 0 aliphatic rings. The molecular weight excluding hydrogens is 324 g/mol. The number of nitrogens with zero attached hydrogens (tertiary/aromatic N) is 1. The van der Waals surface area contributed by atoms with Crippen molar-refractivity contribution < 1.29 is 19.2 Å². The second kappa shape index (κ2) is 8.68. The fourth-order valence-corrected chi connectivity index (χ4v) is 2.19. The number of unbranched alkanes of at least 4 members (excludes halogenated alkanes) is 1. The van der Waals surface area contributed by atoms with Crippen molar-refractivity contribution in [3.05, 3.63) is 58.1 Å². The van der Waals surface area contributed by atoms with Gasteiger partial charge in [0.15, 0.2) is 5.75 Å². The summed E-state index contributed by atoms with van der Waals surface area (Å²) in [5.74, 6) is 0.203. The molecule has 0 aliphatic carbocycles. The van der Waals surface area contributed by atoms with Gasteiger partial charge in [-0.2, -0.15) is 0 Å². The number of rotatable bonds is 8. The second-order valence-electron chi connectivity index (χ2n) is 5.30. The summed E-state index contributed by atoms with van der Waals surface area (Å²) < 4.78 is 10.6. The van der Waals surface area contributed by atoms with Crippen molar-refractivity contribution in [3.8, 4) is 11.5 Å². The normalized spacial score (nSPS) is 10.2. The highest BCUT2D eigenvalue weighted by atomic mass is 16.6. The number of amides is 1. The minimum absolute atomic E-state index is 0.102. The van der Waals surface area contributed by atoms with E-state index >= 15 is 0 Å². The molecule has 0 saturated carbocycles. The number of nitro groups is 1. The van der Waals surface area contributed by atoms with Crippen molar-refractivity contribution in [2.45, 2.75) is 19.8 Å². The Kier molecular flexibility index (Phi) is 6.33. The lowest BCUT2D eigenvalue weighted by Gasteiger charge is -2.12. The molecule has 0 heterocycles. The summed E-state index contributed by atoms with van der Waals surface area (Å²) in [6.07, 6.45) is 1.91. The Morgan fingerprint density at radius 1 is 1.20 bits per heavy atom. The summed E-state index contributed by atoms with van der Waals surface area (Å²) in [6, 6.07) is 11.1.